The summed E-state index contributed by atoms with van der Waals surface area (Å²) >= 11 is 5.99. The average molecular weight is 477 g/mol. The van der Waals surface area contributed by atoms with E-state index < -0.39 is 41.1 Å². The van der Waals surface area contributed by atoms with Gasteiger partial charge < -0.3 is 25.1 Å². The van der Waals surface area contributed by atoms with Gasteiger partial charge in [0.25, 0.3) is 0 Å². The van der Waals surface area contributed by atoms with Crippen LogP contribution in [0.1, 0.15) is 30.2 Å². The van der Waals surface area contributed by atoms with Crippen LogP contribution in [0.25, 0.3) is 11.1 Å². The molecule has 0 radical (unpaired) electrons. The monoisotopic (exact) mass is 476 g/mol. The van der Waals surface area contributed by atoms with Gasteiger partial charge in [-0.1, -0.05) is 11.6 Å². The number of rotatable bonds is 5. The first-order valence-electron chi connectivity index (χ1n) is 10.3. The van der Waals surface area contributed by atoms with Gasteiger partial charge in [0.15, 0.2) is 5.58 Å². The quantitative estimate of drug-likeness (QED) is 0.524. The highest BCUT2D eigenvalue weighted by molar-refractivity contribution is 6.31. The summed E-state index contributed by atoms with van der Waals surface area (Å²) in [6, 6.07) is 5.27. The van der Waals surface area contributed by atoms with Crippen molar-refractivity contribution in [3.05, 3.63) is 58.4 Å². The number of methoxy groups -OCH3 is 1. The molecule has 3 amide bonds. The van der Waals surface area contributed by atoms with Crippen LogP contribution in [0.2, 0.25) is 5.02 Å². The van der Waals surface area contributed by atoms with E-state index in [9.17, 15) is 18.4 Å². The molecule has 8 nitrogen and oxygen atoms in total. The summed E-state index contributed by atoms with van der Waals surface area (Å²) < 4.78 is 39.9. The number of nitrogens with zero attached hydrogens (tertiary/aromatic N) is 1. The third-order valence-corrected chi connectivity index (χ3v) is 6.22. The van der Waals surface area contributed by atoms with Gasteiger partial charge in [-0.25, -0.2) is 18.6 Å². The fourth-order valence-electron chi connectivity index (χ4n) is 4.10. The minimum absolute atomic E-state index is 0.0172. The van der Waals surface area contributed by atoms with Crippen molar-refractivity contribution in [3.63, 3.8) is 0 Å². The smallest absolute Gasteiger partial charge is 0.316 e. The van der Waals surface area contributed by atoms with Crippen LogP contribution in [-0.4, -0.2) is 36.6 Å². The number of carbonyl (C=O) groups is 2. The zero-order chi connectivity index (χ0) is 23.3. The van der Waals surface area contributed by atoms with Gasteiger partial charge in [-0.2, -0.15) is 0 Å². The summed E-state index contributed by atoms with van der Waals surface area (Å²) in [7, 11) is 1.29. The molecule has 1 aliphatic heterocycles. The number of ether oxygens (including phenoxy) is 1. The van der Waals surface area contributed by atoms with Crippen LogP contribution < -0.4 is 20.7 Å². The first kappa shape index (κ1) is 21.4. The van der Waals surface area contributed by atoms with Crippen LogP contribution >= 0.6 is 11.6 Å². The number of aromatic nitrogens is 1. The lowest BCUT2D eigenvalue weighted by atomic mass is 9.93. The van der Waals surface area contributed by atoms with Crippen molar-refractivity contribution in [2.45, 2.75) is 30.3 Å². The second kappa shape index (κ2) is 7.87. The maximum absolute atomic E-state index is 14.6. The third-order valence-electron chi connectivity index (χ3n) is 5.99. The molecule has 2 aromatic carbocycles. The van der Waals surface area contributed by atoms with E-state index in [0.717, 1.165) is 12.1 Å². The standard InChI is InChI=1S/C22H19ClF2N4O4/c1-32-11-7-13(24)17(14(25)8-11)12-9-26-19(30)18(12)28-21(31)29-22(4-5-22)20-27-15-3-2-10(23)6-16(15)33-20/h2-3,6-8,12,18H,4-5,9H2,1H3,(H,26,30)(H2,28,29,31)/t12-,18-/m0/s1. The molecule has 1 aliphatic carbocycles. The fraction of sp³-hybridized carbons (Fsp3) is 0.318. The SMILES string of the molecule is COc1cc(F)c([C@@H]2CNC(=O)[C@H]2NC(=O)NC2(c3nc4ccc(Cl)cc4o3)CC2)c(F)c1. The van der Waals surface area contributed by atoms with E-state index in [1.807, 2.05) is 0 Å². The first-order valence-corrected chi connectivity index (χ1v) is 10.6. The Bertz CT molecular complexity index is 1250. The van der Waals surface area contributed by atoms with Crippen LogP contribution in [0.5, 0.6) is 5.75 Å². The number of oxazole rings is 1. The fourth-order valence-corrected chi connectivity index (χ4v) is 4.27. The van der Waals surface area contributed by atoms with Gasteiger partial charge in [-0.05, 0) is 25.0 Å². The highest BCUT2D eigenvalue weighted by atomic mass is 35.5. The van der Waals surface area contributed by atoms with E-state index in [0.29, 0.717) is 34.9 Å². The molecule has 0 spiro atoms. The van der Waals surface area contributed by atoms with E-state index >= 15 is 0 Å². The van der Waals surface area contributed by atoms with Crippen molar-refractivity contribution >= 4 is 34.6 Å². The number of hydrogen-bond acceptors (Lipinski definition) is 5. The second-order valence-corrected chi connectivity index (χ2v) is 8.58. The van der Waals surface area contributed by atoms with E-state index in [1.165, 1.54) is 7.11 Å². The number of hydrogen-bond donors (Lipinski definition) is 3. The molecule has 33 heavy (non-hydrogen) atoms. The molecule has 0 bridgehead atoms. The number of halogens is 3. The molecule has 0 unspecified atom stereocenters. The summed E-state index contributed by atoms with van der Waals surface area (Å²) in [5.41, 5.74) is -0.0248. The normalized spacial score (nSPS) is 21.0. The minimum atomic E-state index is -1.17. The van der Waals surface area contributed by atoms with Gasteiger partial charge in [0.05, 0.1) is 7.11 Å². The largest absolute Gasteiger partial charge is 0.497 e. The van der Waals surface area contributed by atoms with Crippen molar-refractivity contribution in [2.24, 2.45) is 0 Å². The molecular formula is C22H19ClF2N4O4. The lowest BCUT2D eigenvalue weighted by molar-refractivity contribution is -0.120. The Morgan fingerprint density at radius 1 is 1.27 bits per heavy atom. The summed E-state index contributed by atoms with van der Waals surface area (Å²) in [6.45, 7) is -0.0268. The van der Waals surface area contributed by atoms with Crippen LogP contribution in [0, 0.1) is 11.6 Å². The zero-order valence-electron chi connectivity index (χ0n) is 17.4. The van der Waals surface area contributed by atoms with Crippen molar-refractivity contribution in [1.82, 2.24) is 20.9 Å². The molecule has 1 aromatic heterocycles. The highest BCUT2D eigenvalue weighted by Gasteiger charge is 2.51. The Hall–Kier alpha value is -3.40. The molecule has 2 heterocycles. The molecule has 3 N–H and O–H groups in total. The van der Waals surface area contributed by atoms with Crippen molar-refractivity contribution in [2.75, 3.05) is 13.7 Å². The lowest BCUT2D eigenvalue weighted by Gasteiger charge is -2.22. The minimum Gasteiger partial charge on any atom is -0.497 e. The highest BCUT2D eigenvalue weighted by Crippen LogP contribution is 2.46. The Labute approximate surface area is 191 Å². The molecule has 2 atom stereocenters. The van der Waals surface area contributed by atoms with Gasteiger partial charge in [0, 0.05) is 41.2 Å². The van der Waals surface area contributed by atoms with Crippen LogP contribution in [-0.2, 0) is 10.3 Å². The molecule has 1 saturated heterocycles. The molecule has 2 aliphatic rings. The van der Waals surface area contributed by atoms with Crippen LogP contribution in [0.4, 0.5) is 13.6 Å². The number of urea groups is 1. The van der Waals surface area contributed by atoms with Gasteiger partial charge in [-0.15, -0.1) is 0 Å². The molecular weight excluding hydrogens is 458 g/mol. The third kappa shape index (κ3) is 3.84. The summed E-state index contributed by atoms with van der Waals surface area (Å²) in [5.74, 6) is -2.84. The van der Waals surface area contributed by atoms with Gasteiger partial charge in [0.1, 0.15) is 34.5 Å². The Balaban J connectivity index is 1.35. The van der Waals surface area contributed by atoms with E-state index in [-0.39, 0.29) is 17.9 Å². The summed E-state index contributed by atoms with van der Waals surface area (Å²) in [4.78, 5) is 29.6. The van der Waals surface area contributed by atoms with Gasteiger partial charge >= 0.3 is 6.03 Å². The van der Waals surface area contributed by atoms with E-state index in [2.05, 4.69) is 20.9 Å². The number of fused-ring (bicyclic) bond motifs is 1. The van der Waals surface area contributed by atoms with Gasteiger partial charge in [-0.3, -0.25) is 4.79 Å². The van der Waals surface area contributed by atoms with Gasteiger partial charge in [0.2, 0.25) is 11.8 Å². The maximum atomic E-state index is 14.6. The Kier molecular flexibility index (Phi) is 5.12. The number of carbonyl (C=O) groups excluding carboxylic acids is 2. The first-order chi connectivity index (χ1) is 15.8. The number of nitrogens with one attached hydrogen (secondary N) is 3. The molecule has 172 valence electrons. The average Bonchev–Trinajstić information content (AvgIpc) is 3.28. The molecule has 2 fully saturated rings. The van der Waals surface area contributed by atoms with Crippen molar-refractivity contribution in [1.29, 1.82) is 0 Å². The second-order valence-electron chi connectivity index (χ2n) is 8.15. The summed E-state index contributed by atoms with van der Waals surface area (Å²) in [6.07, 6.45) is 1.17. The molecule has 3 aromatic rings. The predicted molar refractivity (Wildman–Crippen MR) is 114 cm³/mol. The van der Waals surface area contributed by atoms with E-state index in [4.69, 9.17) is 20.8 Å². The lowest BCUT2D eigenvalue weighted by Crippen LogP contribution is -2.50. The Morgan fingerprint density at radius 3 is 2.67 bits per heavy atom. The van der Waals surface area contributed by atoms with Crippen LogP contribution in [0.15, 0.2) is 34.7 Å². The maximum Gasteiger partial charge on any atom is 0.316 e. The number of benzene rings is 2. The number of amides is 3. The Morgan fingerprint density at radius 2 is 2.00 bits per heavy atom. The molecule has 11 heteroatoms. The summed E-state index contributed by atoms with van der Waals surface area (Å²) in [5, 5.41) is 8.40. The topological polar surface area (TPSA) is 105 Å². The van der Waals surface area contributed by atoms with E-state index in [1.54, 1.807) is 18.2 Å². The van der Waals surface area contributed by atoms with Crippen LogP contribution in [0.3, 0.4) is 0 Å². The van der Waals surface area contributed by atoms with Crippen molar-refractivity contribution in [3.8, 4) is 5.75 Å². The van der Waals surface area contributed by atoms with Crippen molar-refractivity contribution < 1.29 is 27.5 Å². The predicted octanol–water partition coefficient (Wildman–Crippen LogP) is 3.34. The zero-order valence-corrected chi connectivity index (χ0v) is 18.1. The molecule has 1 saturated carbocycles. The molecule has 5 rings (SSSR count).